The predicted molar refractivity (Wildman–Crippen MR) is 106 cm³/mol. The highest BCUT2D eigenvalue weighted by Crippen LogP contribution is 2.25. The van der Waals surface area contributed by atoms with Crippen LogP contribution in [0.1, 0.15) is 40.9 Å². The molecule has 4 rings (SSSR count). The molecule has 3 aromatic rings. The van der Waals surface area contributed by atoms with Crippen molar-refractivity contribution in [3.05, 3.63) is 50.9 Å². The van der Waals surface area contributed by atoms with Crippen molar-refractivity contribution in [2.75, 3.05) is 18.9 Å². The molecule has 2 N–H and O–H groups in total. The number of amides is 1. The number of benzene rings is 1. The molecule has 1 aliphatic heterocycles. The number of quaternary nitrogens is 1. The summed E-state index contributed by atoms with van der Waals surface area (Å²) in [6, 6.07) is 6.95. The Kier molecular flexibility index (Phi) is 4.53. The average Bonchev–Trinajstić information content (AvgIpc) is 3.03. The van der Waals surface area contributed by atoms with Crippen molar-refractivity contribution in [1.29, 1.82) is 0 Å². The number of thiazole rings is 1. The first-order valence-corrected chi connectivity index (χ1v) is 9.88. The third-order valence-electron chi connectivity index (χ3n) is 4.78. The minimum atomic E-state index is -0.340. The fourth-order valence-electron chi connectivity index (χ4n) is 3.35. The number of hydrogen-bond acceptors (Lipinski definition) is 5. The Labute approximate surface area is 160 Å². The number of carbonyl (C=O) groups is 1. The van der Waals surface area contributed by atoms with Crippen molar-refractivity contribution in [3.63, 3.8) is 0 Å². The lowest BCUT2D eigenvalue weighted by atomic mass is 10.1. The number of nitrogens with zero attached hydrogens (tertiary/aromatic N) is 3. The highest BCUT2D eigenvalue weighted by molar-refractivity contribution is 7.15. The summed E-state index contributed by atoms with van der Waals surface area (Å²) >= 11 is 1.52. The number of aromatic nitrogens is 3. The minimum Gasteiger partial charge on any atom is -0.333 e. The molecule has 1 unspecified atom stereocenters. The first-order valence-electron chi connectivity index (χ1n) is 9.07. The van der Waals surface area contributed by atoms with Gasteiger partial charge in [0.15, 0.2) is 10.8 Å². The molecule has 0 bridgehead atoms. The summed E-state index contributed by atoms with van der Waals surface area (Å²) in [6.45, 7) is 5.73. The van der Waals surface area contributed by atoms with E-state index in [1.54, 1.807) is 24.3 Å². The Morgan fingerprint density at radius 2 is 2.04 bits per heavy atom. The number of fused-ring (bicyclic) bond motifs is 2. The molecule has 0 saturated carbocycles. The fourth-order valence-corrected chi connectivity index (χ4v) is 4.46. The summed E-state index contributed by atoms with van der Waals surface area (Å²) in [6.07, 6.45) is 0.924. The molecule has 7 nitrogen and oxygen atoms in total. The number of nitrogens with one attached hydrogen (secondary N) is 2. The first kappa shape index (κ1) is 17.8. The van der Waals surface area contributed by atoms with Crippen molar-refractivity contribution in [2.45, 2.75) is 32.9 Å². The Bertz CT molecular complexity index is 1090. The third kappa shape index (κ3) is 3.26. The van der Waals surface area contributed by atoms with Crippen LogP contribution in [0.15, 0.2) is 29.1 Å². The zero-order valence-corrected chi connectivity index (χ0v) is 16.4. The monoisotopic (exact) mass is 384 g/mol. The number of carbonyl (C=O) groups excluding carboxylic acids is 1. The first-order chi connectivity index (χ1) is 12.9. The normalized spacial score (nSPS) is 16.5. The smallest absolute Gasteiger partial charge is 0.278 e. The number of hydrogen-bond donors (Lipinski definition) is 2. The van der Waals surface area contributed by atoms with Gasteiger partial charge in [-0.1, -0.05) is 29.5 Å². The lowest BCUT2D eigenvalue weighted by Crippen LogP contribution is -3.08. The summed E-state index contributed by atoms with van der Waals surface area (Å²) in [5.41, 5.74) is 1.13. The van der Waals surface area contributed by atoms with E-state index in [2.05, 4.69) is 22.4 Å². The van der Waals surface area contributed by atoms with Gasteiger partial charge in [-0.25, -0.2) is 9.67 Å². The van der Waals surface area contributed by atoms with Crippen molar-refractivity contribution in [2.24, 2.45) is 0 Å². The second kappa shape index (κ2) is 6.86. The van der Waals surface area contributed by atoms with Gasteiger partial charge in [0.05, 0.1) is 35.6 Å². The van der Waals surface area contributed by atoms with Crippen LogP contribution in [0.4, 0.5) is 5.13 Å². The van der Waals surface area contributed by atoms with Crippen LogP contribution in [0.2, 0.25) is 0 Å². The van der Waals surface area contributed by atoms with E-state index in [4.69, 9.17) is 0 Å². The van der Waals surface area contributed by atoms with Crippen LogP contribution in [0.5, 0.6) is 0 Å². The quantitative estimate of drug-likeness (QED) is 0.712. The zero-order chi connectivity index (χ0) is 19.1. The van der Waals surface area contributed by atoms with E-state index in [0.29, 0.717) is 15.9 Å². The predicted octanol–water partition coefficient (Wildman–Crippen LogP) is 1.26. The van der Waals surface area contributed by atoms with Gasteiger partial charge in [-0.3, -0.25) is 14.9 Å². The lowest BCUT2D eigenvalue weighted by Gasteiger charge is -2.17. The molecular weight excluding hydrogens is 362 g/mol. The molecule has 1 atom stereocenters. The van der Waals surface area contributed by atoms with E-state index in [0.717, 1.165) is 25.2 Å². The maximum absolute atomic E-state index is 13.0. The summed E-state index contributed by atoms with van der Waals surface area (Å²) < 4.78 is 1.36. The molecular formula is C19H22N5O2S+. The molecule has 0 fully saturated rings. The summed E-state index contributed by atoms with van der Waals surface area (Å²) in [4.78, 5) is 32.8. The fraction of sp³-hybridized carbons (Fsp3) is 0.368. The second-order valence-corrected chi connectivity index (χ2v) is 8.30. The van der Waals surface area contributed by atoms with Gasteiger partial charge >= 0.3 is 0 Å². The molecule has 2 aromatic heterocycles. The SMILES string of the molecule is CC(C)n1nc(C(=O)Nc2nc3c(s2)C[NH+](C)CC3)c2ccccc2c1=O. The summed E-state index contributed by atoms with van der Waals surface area (Å²) in [5.74, 6) is -0.340. The Balaban J connectivity index is 1.73. The highest BCUT2D eigenvalue weighted by Gasteiger charge is 2.23. The average molecular weight is 384 g/mol. The van der Waals surface area contributed by atoms with Crippen molar-refractivity contribution < 1.29 is 9.69 Å². The molecule has 1 aliphatic rings. The zero-order valence-electron chi connectivity index (χ0n) is 15.6. The maximum atomic E-state index is 13.0. The summed E-state index contributed by atoms with van der Waals surface area (Å²) in [5, 5.41) is 8.89. The Hall–Kier alpha value is -2.58. The standard InChI is InChI=1S/C19H21N5O2S/c1-11(2)24-18(26)13-7-5-4-6-12(13)16(22-24)17(25)21-19-20-14-8-9-23(3)10-15(14)27-19/h4-7,11H,8-10H2,1-3H3,(H,20,21,25)/p+1. The van der Waals surface area contributed by atoms with Gasteiger partial charge in [-0.05, 0) is 19.9 Å². The van der Waals surface area contributed by atoms with Gasteiger partial charge in [0.1, 0.15) is 6.54 Å². The van der Waals surface area contributed by atoms with Crippen molar-refractivity contribution in [3.8, 4) is 0 Å². The molecule has 0 spiro atoms. The van der Waals surface area contributed by atoms with Crippen LogP contribution in [-0.2, 0) is 13.0 Å². The van der Waals surface area contributed by atoms with Crippen LogP contribution < -0.4 is 15.8 Å². The van der Waals surface area contributed by atoms with Crippen molar-refractivity contribution >= 4 is 33.1 Å². The molecule has 3 heterocycles. The molecule has 1 amide bonds. The van der Waals surface area contributed by atoms with Crippen LogP contribution >= 0.6 is 11.3 Å². The largest absolute Gasteiger partial charge is 0.333 e. The molecule has 0 aliphatic carbocycles. The van der Waals surface area contributed by atoms with Crippen LogP contribution in [0, 0.1) is 0 Å². The van der Waals surface area contributed by atoms with E-state index in [-0.39, 0.29) is 23.2 Å². The number of likely N-dealkylation sites (N-methyl/N-ethyl adjacent to an activating group) is 1. The highest BCUT2D eigenvalue weighted by atomic mass is 32.1. The van der Waals surface area contributed by atoms with Gasteiger partial charge in [-0.15, -0.1) is 0 Å². The number of rotatable bonds is 3. The third-order valence-corrected chi connectivity index (χ3v) is 5.80. The molecule has 0 saturated heterocycles. The molecule has 140 valence electrons. The second-order valence-electron chi connectivity index (χ2n) is 7.21. The van der Waals surface area contributed by atoms with E-state index >= 15 is 0 Å². The summed E-state index contributed by atoms with van der Waals surface area (Å²) in [7, 11) is 2.16. The van der Waals surface area contributed by atoms with E-state index in [1.807, 2.05) is 13.8 Å². The van der Waals surface area contributed by atoms with Crippen molar-refractivity contribution in [1.82, 2.24) is 14.8 Å². The van der Waals surface area contributed by atoms with Crippen LogP contribution in [0.25, 0.3) is 10.8 Å². The minimum absolute atomic E-state index is 0.139. The van der Waals surface area contributed by atoms with Gasteiger partial charge < -0.3 is 4.90 Å². The van der Waals surface area contributed by atoms with E-state index < -0.39 is 0 Å². The lowest BCUT2D eigenvalue weighted by molar-refractivity contribution is -0.895. The van der Waals surface area contributed by atoms with Gasteiger partial charge in [0.25, 0.3) is 11.5 Å². The van der Waals surface area contributed by atoms with Gasteiger partial charge in [0, 0.05) is 11.8 Å². The topological polar surface area (TPSA) is 81.3 Å². The molecule has 1 aromatic carbocycles. The van der Waals surface area contributed by atoms with Gasteiger partial charge in [0.2, 0.25) is 0 Å². The number of anilines is 1. The van der Waals surface area contributed by atoms with Gasteiger partial charge in [-0.2, -0.15) is 5.10 Å². The molecule has 8 heteroatoms. The van der Waals surface area contributed by atoms with E-state index in [9.17, 15) is 9.59 Å². The Morgan fingerprint density at radius 1 is 1.30 bits per heavy atom. The molecule has 0 radical (unpaired) electrons. The van der Waals surface area contributed by atoms with E-state index in [1.165, 1.54) is 25.8 Å². The van der Waals surface area contributed by atoms with Crippen LogP contribution in [-0.4, -0.2) is 34.3 Å². The molecule has 27 heavy (non-hydrogen) atoms. The van der Waals surface area contributed by atoms with Crippen LogP contribution in [0.3, 0.4) is 0 Å². The Morgan fingerprint density at radius 3 is 2.78 bits per heavy atom. The maximum Gasteiger partial charge on any atom is 0.278 e.